The highest BCUT2D eigenvalue weighted by Crippen LogP contribution is 2.62. The van der Waals surface area contributed by atoms with E-state index < -0.39 is 0 Å². The van der Waals surface area contributed by atoms with Crippen molar-refractivity contribution in [2.75, 3.05) is 0 Å². The average molecular weight is 235 g/mol. The third-order valence-electron chi connectivity index (χ3n) is 6.03. The first-order valence-electron chi connectivity index (χ1n) is 7.24. The van der Waals surface area contributed by atoms with Crippen LogP contribution in [0.15, 0.2) is 0 Å². The van der Waals surface area contributed by atoms with Gasteiger partial charge in [-0.25, -0.2) is 0 Å². The van der Waals surface area contributed by atoms with Crippen LogP contribution in [-0.2, 0) is 4.79 Å². The summed E-state index contributed by atoms with van der Waals surface area (Å²) in [6.07, 6.45) is 7.44. The number of fused-ring (bicyclic) bond motifs is 2. The Morgan fingerprint density at radius 2 is 1.88 bits per heavy atom. The fourth-order valence-corrected chi connectivity index (χ4v) is 4.59. The highest BCUT2D eigenvalue weighted by molar-refractivity contribution is 5.80. The summed E-state index contributed by atoms with van der Waals surface area (Å²) in [5, 5.41) is 3.40. The van der Waals surface area contributed by atoms with E-state index in [1.807, 2.05) is 0 Å². The van der Waals surface area contributed by atoms with Crippen LogP contribution in [-0.4, -0.2) is 11.9 Å². The van der Waals surface area contributed by atoms with E-state index in [0.29, 0.717) is 28.7 Å². The van der Waals surface area contributed by atoms with Crippen LogP contribution in [0.4, 0.5) is 0 Å². The Bertz CT molecular complexity index is 340. The molecule has 96 valence electrons. The number of amides is 1. The summed E-state index contributed by atoms with van der Waals surface area (Å²) in [4.78, 5) is 12.2. The molecule has 0 aromatic heterocycles. The van der Waals surface area contributed by atoms with E-state index in [2.05, 4.69) is 26.1 Å². The van der Waals surface area contributed by atoms with Crippen molar-refractivity contribution in [3.8, 4) is 0 Å². The van der Waals surface area contributed by atoms with Gasteiger partial charge in [0.15, 0.2) is 0 Å². The molecule has 3 aliphatic carbocycles. The minimum Gasteiger partial charge on any atom is -0.352 e. The van der Waals surface area contributed by atoms with Crippen LogP contribution in [0.2, 0.25) is 0 Å². The first-order valence-corrected chi connectivity index (χ1v) is 7.24. The van der Waals surface area contributed by atoms with Gasteiger partial charge in [0.1, 0.15) is 0 Å². The molecule has 3 rings (SSSR count). The van der Waals surface area contributed by atoms with Gasteiger partial charge in [-0.05, 0) is 48.9 Å². The standard InChI is InChI=1S/C15H25NO/c1-14(2)11-7-8-15(3,9-11)13(14)16-12(17)10-5-4-6-10/h10-11,13H,4-9H2,1-3H3,(H,16,17)/t11-,13+,15+/m0/s1. The normalized spacial score (nSPS) is 43.5. The van der Waals surface area contributed by atoms with E-state index in [1.165, 1.54) is 25.7 Å². The van der Waals surface area contributed by atoms with Crippen molar-refractivity contribution in [3.05, 3.63) is 0 Å². The van der Waals surface area contributed by atoms with Gasteiger partial charge >= 0.3 is 0 Å². The summed E-state index contributed by atoms with van der Waals surface area (Å²) in [6.45, 7) is 7.09. The summed E-state index contributed by atoms with van der Waals surface area (Å²) in [7, 11) is 0. The summed E-state index contributed by atoms with van der Waals surface area (Å²) in [5.41, 5.74) is 0.667. The van der Waals surface area contributed by atoms with E-state index in [9.17, 15) is 4.79 Å². The quantitative estimate of drug-likeness (QED) is 0.783. The molecule has 0 aliphatic heterocycles. The second-order valence-corrected chi connectivity index (χ2v) is 7.48. The van der Waals surface area contributed by atoms with Gasteiger partial charge in [0.25, 0.3) is 0 Å². The molecule has 3 fully saturated rings. The molecule has 3 saturated carbocycles. The Balaban J connectivity index is 1.75. The molecular weight excluding hydrogens is 210 g/mol. The van der Waals surface area contributed by atoms with E-state index >= 15 is 0 Å². The zero-order valence-electron chi connectivity index (χ0n) is 11.4. The maximum atomic E-state index is 12.2. The van der Waals surface area contributed by atoms with Crippen molar-refractivity contribution in [1.29, 1.82) is 0 Å². The van der Waals surface area contributed by atoms with Crippen LogP contribution in [0.3, 0.4) is 0 Å². The Morgan fingerprint density at radius 1 is 1.18 bits per heavy atom. The van der Waals surface area contributed by atoms with Crippen LogP contribution in [0, 0.1) is 22.7 Å². The molecule has 3 atom stereocenters. The molecule has 0 radical (unpaired) electrons. The number of nitrogens with one attached hydrogen (secondary N) is 1. The monoisotopic (exact) mass is 235 g/mol. The van der Waals surface area contributed by atoms with E-state index in [1.54, 1.807) is 0 Å². The lowest BCUT2D eigenvalue weighted by Gasteiger charge is -2.44. The van der Waals surface area contributed by atoms with Gasteiger partial charge in [-0.2, -0.15) is 0 Å². The van der Waals surface area contributed by atoms with Gasteiger partial charge in [-0.15, -0.1) is 0 Å². The molecule has 2 heteroatoms. The summed E-state index contributed by atoms with van der Waals surface area (Å²) in [6, 6.07) is 0.404. The number of carbonyl (C=O) groups is 1. The zero-order chi connectivity index (χ0) is 12.3. The van der Waals surface area contributed by atoms with Gasteiger partial charge in [-0.1, -0.05) is 27.2 Å². The van der Waals surface area contributed by atoms with E-state index in [4.69, 9.17) is 0 Å². The van der Waals surface area contributed by atoms with Crippen molar-refractivity contribution in [1.82, 2.24) is 5.32 Å². The minimum absolute atomic E-state index is 0.298. The highest BCUT2D eigenvalue weighted by Gasteiger charge is 2.59. The number of hydrogen-bond acceptors (Lipinski definition) is 1. The SMILES string of the molecule is CC1(C)[C@H]2CC[C@](C)(C2)[C@@H]1NC(=O)C1CCC1. The summed E-state index contributed by atoms with van der Waals surface area (Å²) in [5.74, 6) is 1.48. The smallest absolute Gasteiger partial charge is 0.223 e. The number of rotatable bonds is 2. The Kier molecular flexibility index (Phi) is 2.37. The van der Waals surface area contributed by atoms with Crippen molar-refractivity contribution in [2.45, 2.75) is 65.3 Å². The third kappa shape index (κ3) is 1.56. The van der Waals surface area contributed by atoms with Gasteiger partial charge in [0.2, 0.25) is 5.91 Å². The number of hydrogen-bond donors (Lipinski definition) is 1. The molecule has 1 N–H and O–H groups in total. The molecule has 17 heavy (non-hydrogen) atoms. The van der Waals surface area contributed by atoms with Crippen LogP contribution >= 0.6 is 0 Å². The molecule has 0 saturated heterocycles. The molecule has 0 aromatic rings. The minimum atomic E-state index is 0.298. The predicted octanol–water partition coefficient (Wildman–Crippen LogP) is 3.12. The molecule has 1 amide bonds. The van der Waals surface area contributed by atoms with Crippen LogP contribution < -0.4 is 5.32 Å². The van der Waals surface area contributed by atoms with Gasteiger partial charge in [0, 0.05) is 12.0 Å². The first kappa shape index (κ1) is 11.6. The first-order chi connectivity index (χ1) is 7.93. The highest BCUT2D eigenvalue weighted by atomic mass is 16.2. The van der Waals surface area contributed by atoms with Gasteiger partial charge in [-0.3, -0.25) is 4.79 Å². The van der Waals surface area contributed by atoms with Crippen LogP contribution in [0.25, 0.3) is 0 Å². The fourth-order valence-electron chi connectivity index (χ4n) is 4.59. The Morgan fingerprint density at radius 3 is 2.35 bits per heavy atom. The van der Waals surface area contributed by atoms with Crippen molar-refractivity contribution in [2.24, 2.45) is 22.7 Å². The fraction of sp³-hybridized carbons (Fsp3) is 0.933. The predicted molar refractivity (Wildman–Crippen MR) is 68.5 cm³/mol. The third-order valence-corrected chi connectivity index (χ3v) is 6.03. The van der Waals surface area contributed by atoms with Crippen molar-refractivity contribution >= 4 is 5.91 Å². The lowest BCUT2D eigenvalue weighted by Crippen LogP contribution is -2.54. The molecule has 0 unspecified atom stereocenters. The van der Waals surface area contributed by atoms with E-state index in [0.717, 1.165) is 18.8 Å². The lowest BCUT2D eigenvalue weighted by atomic mass is 9.68. The molecule has 3 aliphatic rings. The molecule has 0 spiro atoms. The average Bonchev–Trinajstić information content (AvgIpc) is 2.61. The van der Waals surface area contributed by atoms with Gasteiger partial charge < -0.3 is 5.32 Å². The largest absolute Gasteiger partial charge is 0.352 e. The second kappa shape index (κ2) is 3.49. The molecular formula is C15H25NO. The molecule has 2 bridgehead atoms. The van der Waals surface area contributed by atoms with Crippen molar-refractivity contribution < 1.29 is 4.79 Å². The second-order valence-electron chi connectivity index (χ2n) is 7.48. The molecule has 0 aromatic carbocycles. The maximum absolute atomic E-state index is 12.2. The Hall–Kier alpha value is -0.530. The molecule has 0 heterocycles. The van der Waals surface area contributed by atoms with Crippen molar-refractivity contribution in [3.63, 3.8) is 0 Å². The zero-order valence-corrected chi connectivity index (χ0v) is 11.4. The maximum Gasteiger partial charge on any atom is 0.223 e. The number of carbonyl (C=O) groups excluding carboxylic acids is 1. The van der Waals surface area contributed by atoms with E-state index in [-0.39, 0.29) is 0 Å². The molecule has 2 nitrogen and oxygen atoms in total. The van der Waals surface area contributed by atoms with Gasteiger partial charge in [0.05, 0.1) is 0 Å². The lowest BCUT2D eigenvalue weighted by molar-refractivity contribution is -0.130. The summed E-state index contributed by atoms with van der Waals surface area (Å²) >= 11 is 0. The summed E-state index contributed by atoms with van der Waals surface area (Å²) < 4.78 is 0. The van der Waals surface area contributed by atoms with Crippen LogP contribution in [0.1, 0.15) is 59.3 Å². The van der Waals surface area contributed by atoms with Crippen LogP contribution in [0.5, 0.6) is 0 Å². The topological polar surface area (TPSA) is 29.1 Å². The Labute approximate surface area is 105 Å².